The first-order chi connectivity index (χ1) is 6.02. The summed E-state index contributed by atoms with van der Waals surface area (Å²) in [5.41, 5.74) is 2.10. The zero-order chi connectivity index (χ0) is 10.0. The monoisotopic (exact) mass is 200 g/mol. The van der Waals surface area contributed by atoms with Gasteiger partial charge in [0.1, 0.15) is 0 Å². The van der Waals surface area contributed by atoms with Crippen LogP contribution in [0, 0.1) is 6.92 Å². The fourth-order valence-electron chi connectivity index (χ4n) is 1.35. The van der Waals surface area contributed by atoms with Crippen LogP contribution in [0.4, 0.5) is 0 Å². The van der Waals surface area contributed by atoms with Gasteiger partial charge in [-0.15, -0.1) is 0 Å². The van der Waals surface area contributed by atoms with Crippen LogP contribution in [0.1, 0.15) is 41.3 Å². The van der Waals surface area contributed by atoms with E-state index in [-0.39, 0.29) is 35.5 Å². The summed E-state index contributed by atoms with van der Waals surface area (Å²) in [5, 5.41) is 10.8. The molecule has 0 heterocycles. The molecule has 3 heteroatoms. The molecule has 1 rings (SSSR count). The number of rotatable bonds is 2. The molecule has 0 fully saturated rings. The van der Waals surface area contributed by atoms with Gasteiger partial charge in [0, 0.05) is 5.56 Å². The van der Waals surface area contributed by atoms with Crippen LogP contribution in [-0.2, 0) is 0 Å². The third kappa shape index (κ3) is 3.12. The summed E-state index contributed by atoms with van der Waals surface area (Å²) in [7, 11) is 0. The third-order valence-corrected chi connectivity index (χ3v) is 2.05. The van der Waals surface area contributed by atoms with Gasteiger partial charge >= 0.3 is 29.6 Å². The van der Waals surface area contributed by atoms with Crippen molar-refractivity contribution in [2.75, 3.05) is 0 Å². The number of carboxylic acids is 1. The Morgan fingerprint density at radius 1 is 1.36 bits per heavy atom. The van der Waals surface area contributed by atoms with Crippen molar-refractivity contribution < 1.29 is 39.5 Å². The van der Waals surface area contributed by atoms with Crippen LogP contribution in [0.5, 0.6) is 0 Å². The van der Waals surface area contributed by atoms with Crippen molar-refractivity contribution in [2.24, 2.45) is 0 Å². The second-order valence-electron chi connectivity index (χ2n) is 3.53. The molecule has 0 saturated carbocycles. The second kappa shape index (κ2) is 5.54. The predicted molar refractivity (Wildman–Crippen MR) is 49.6 cm³/mol. The zero-order valence-corrected chi connectivity index (χ0v) is 11.1. The molecule has 0 amide bonds. The minimum Gasteiger partial charge on any atom is -0.545 e. The third-order valence-electron chi connectivity index (χ3n) is 2.05. The summed E-state index contributed by atoms with van der Waals surface area (Å²) >= 11 is 0. The number of aryl methyl sites for hydroxylation is 1. The molecule has 0 aliphatic carbocycles. The number of carbonyl (C=O) groups is 1. The summed E-state index contributed by atoms with van der Waals surface area (Å²) in [6.07, 6.45) is 0. The van der Waals surface area contributed by atoms with E-state index in [0.717, 1.165) is 11.1 Å². The van der Waals surface area contributed by atoms with E-state index in [2.05, 4.69) is 0 Å². The Kier molecular flexibility index (Phi) is 5.42. The van der Waals surface area contributed by atoms with Gasteiger partial charge in [0.15, 0.2) is 0 Å². The summed E-state index contributed by atoms with van der Waals surface area (Å²) in [4.78, 5) is 10.8. The fraction of sp³-hybridized carbons (Fsp3) is 0.364. The Hall–Kier alpha value is -0.310. The minimum absolute atomic E-state index is 0. The molecule has 0 atom stereocenters. The largest absolute Gasteiger partial charge is 1.00 e. The number of benzene rings is 1. The number of aromatic carboxylic acids is 1. The Balaban J connectivity index is 0.00000169. The second-order valence-corrected chi connectivity index (χ2v) is 3.53. The molecule has 1 aromatic carbocycles. The average molecular weight is 200 g/mol. The Morgan fingerprint density at radius 3 is 2.36 bits per heavy atom. The first-order valence-electron chi connectivity index (χ1n) is 4.34. The van der Waals surface area contributed by atoms with Gasteiger partial charge in [-0.3, -0.25) is 0 Å². The molecule has 70 valence electrons. The van der Waals surface area contributed by atoms with Crippen molar-refractivity contribution in [3.05, 3.63) is 34.9 Å². The topological polar surface area (TPSA) is 40.1 Å². The van der Waals surface area contributed by atoms with Crippen molar-refractivity contribution in [2.45, 2.75) is 26.7 Å². The van der Waals surface area contributed by atoms with Gasteiger partial charge in [-0.1, -0.05) is 31.5 Å². The van der Waals surface area contributed by atoms with Gasteiger partial charge in [0.2, 0.25) is 0 Å². The number of hydrogen-bond acceptors (Lipinski definition) is 2. The molecule has 0 aliphatic rings. The van der Waals surface area contributed by atoms with Crippen LogP contribution in [0.3, 0.4) is 0 Å². The van der Waals surface area contributed by atoms with E-state index in [1.54, 1.807) is 6.07 Å². The maximum absolute atomic E-state index is 10.8. The Labute approximate surface area is 107 Å². The van der Waals surface area contributed by atoms with Crippen LogP contribution in [-0.4, -0.2) is 5.97 Å². The maximum atomic E-state index is 10.8. The summed E-state index contributed by atoms with van der Waals surface area (Å²) < 4.78 is 0. The summed E-state index contributed by atoms with van der Waals surface area (Å²) in [6.45, 7) is 5.81. The van der Waals surface area contributed by atoms with Gasteiger partial charge in [0.05, 0.1) is 5.97 Å². The van der Waals surface area contributed by atoms with Crippen LogP contribution in [0.2, 0.25) is 0 Å². The SMILES string of the molecule is Cc1ccc(C(C)C)c(C(=O)[O-])c1.[Na+]. The molecular formula is C11H13NaO2. The van der Waals surface area contributed by atoms with Gasteiger partial charge in [-0.05, 0) is 24.5 Å². The van der Waals surface area contributed by atoms with Crippen molar-refractivity contribution in [1.29, 1.82) is 0 Å². The number of carboxylic acid groups (broad SMARTS) is 1. The van der Waals surface area contributed by atoms with E-state index in [1.165, 1.54) is 0 Å². The maximum Gasteiger partial charge on any atom is 1.00 e. The van der Waals surface area contributed by atoms with Crippen molar-refractivity contribution in [3.8, 4) is 0 Å². The van der Waals surface area contributed by atoms with E-state index >= 15 is 0 Å². The van der Waals surface area contributed by atoms with Crippen molar-refractivity contribution in [1.82, 2.24) is 0 Å². The van der Waals surface area contributed by atoms with Crippen LogP contribution >= 0.6 is 0 Å². The van der Waals surface area contributed by atoms with Gasteiger partial charge in [-0.25, -0.2) is 0 Å². The molecule has 2 nitrogen and oxygen atoms in total. The molecule has 0 N–H and O–H groups in total. The fourth-order valence-corrected chi connectivity index (χ4v) is 1.35. The van der Waals surface area contributed by atoms with Gasteiger partial charge in [0.25, 0.3) is 0 Å². The molecule has 0 aliphatic heterocycles. The van der Waals surface area contributed by atoms with Crippen LogP contribution in [0.15, 0.2) is 18.2 Å². The summed E-state index contributed by atoms with van der Waals surface area (Å²) in [6, 6.07) is 5.43. The summed E-state index contributed by atoms with van der Waals surface area (Å²) in [5.74, 6) is -0.874. The van der Waals surface area contributed by atoms with Gasteiger partial charge in [-0.2, -0.15) is 0 Å². The van der Waals surface area contributed by atoms with Crippen LogP contribution in [0.25, 0.3) is 0 Å². The molecule has 0 spiro atoms. The van der Waals surface area contributed by atoms with Crippen molar-refractivity contribution in [3.63, 3.8) is 0 Å². The number of carbonyl (C=O) groups excluding carboxylic acids is 1. The molecular weight excluding hydrogens is 187 g/mol. The van der Waals surface area contributed by atoms with E-state index in [4.69, 9.17) is 0 Å². The molecule has 1 aromatic rings. The number of hydrogen-bond donors (Lipinski definition) is 0. The van der Waals surface area contributed by atoms with Crippen LogP contribution < -0.4 is 34.7 Å². The predicted octanol–water partition coefficient (Wildman–Crippen LogP) is -1.51. The average Bonchev–Trinajstić information content (AvgIpc) is 2.03. The van der Waals surface area contributed by atoms with Crippen molar-refractivity contribution >= 4 is 5.97 Å². The van der Waals surface area contributed by atoms with E-state index in [9.17, 15) is 9.90 Å². The quantitative estimate of drug-likeness (QED) is 0.544. The molecule has 0 saturated heterocycles. The Bertz CT molecular complexity index is 332. The van der Waals surface area contributed by atoms with E-state index in [1.807, 2.05) is 32.9 Å². The molecule has 0 aromatic heterocycles. The smallest absolute Gasteiger partial charge is 0.545 e. The Morgan fingerprint density at radius 2 is 1.93 bits per heavy atom. The molecule has 14 heavy (non-hydrogen) atoms. The molecule has 0 unspecified atom stereocenters. The zero-order valence-electron chi connectivity index (χ0n) is 9.13. The molecule has 0 radical (unpaired) electrons. The first-order valence-corrected chi connectivity index (χ1v) is 4.34. The normalized spacial score (nSPS) is 9.71. The van der Waals surface area contributed by atoms with E-state index < -0.39 is 5.97 Å². The van der Waals surface area contributed by atoms with E-state index in [0.29, 0.717) is 5.56 Å². The first kappa shape index (κ1) is 13.7. The standard InChI is InChI=1S/C11H14O2.Na/c1-7(2)9-5-4-8(3)6-10(9)11(12)13;/h4-7H,1-3H3,(H,12,13);/q;+1/p-1. The minimum atomic E-state index is -1.09. The van der Waals surface area contributed by atoms with Gasteiger partial charge < -0.3 is 9.90 Å². The molecule has 0 bridgehead atoms.